The number of nitrogens with zero attached hydrogens (tertiary/aromatic N) is 2. The van der Waals surface area contributed by atoms with E-state index in [2.05, 4.69) is 0 Å². The molecular formula is C19H18N2O7. The van der Waals surface area contributed by atoms with Crippen LogP contribution in [-0.2, 0) is 4.79 Å². The lowest BCUT2D eigenvalue weighted by Crippen LogP contribution is -2.42. The molecule has 1 heterocycles. The minimum atomic E-state index is -1.16. The van der Waals surface area contributed by atoms with Crippen LogP contribution in [0, 0.1) is 10.1 Å². The van der Waals surface area contributed by atoms with Crippen molar-refractivity contribution in [3.63, 3.8) is 0 Å². The van der Waals surface area contributed by atoms with Crippen molar-refractivity contribution in [1.29, 1.82) is 0 Å². The summed E-state index contributed by atoms with van der Waals surface area (Å²) in [6, 6.07) is 7.64. The van der Waals surface area contributed by atoms with Gasteiger partial charge in [0, 0.05) is 24.7 Å². The monoisotopic (exact) mass is 386 g/mol. The van der Waals surface area contributed by atoms with E-state index in [0.717, 1.165) is 0 Å². The topological polar surface area (TPSA) is 119 Å². The molecule has 0 aliphatic carbocycles. The molecule has 0 spiro atoms. The molecule has 0 fully saturated rings. The lowest BCUT2D eigenvalue weighted by Gasteiger charge is -2.38. The summed E-state index contributed by atoms with van der Waals surface area (Å²) < 4.78 is 10.5. The van der Waals surface area contributed by atoms with E-state index in [1.807, 2.05) is 0 Å². The standard InChI is InChI=1S/C19H18N2O7/c1-20-17(10-5-4-6-11(7-10)21(25)26)16(19(23)24)12-8-14(27-2)15(28-3)9-13(12)18(20)22/h4-9,16-17H,1-3H3,(H,23,24)/t16-,17-/m1/s1. The number of carbonyl (C=O) groups excluding carboxylic acids is 1. The Bertz CT molecular complexity index is 973. The number of likely N-dealkylation sites (N-methyl/N-ethyl adjacent to an activating group) is 1. The number of carboxylic acid groups (broad SMARTS) is 1. The number of amides is 1. The highest BCUT2D eigenvalue weighted by Crippen LogP contribution is 2.45. The fourth-order valence-corrected chi connectivity index (χ4v) is 3.55. The largest absolute Gasteiger partial charge is 0.493 e. The molecule has 2 atom stereocenters. The molecular weight excluding hydrogens is 368 g/mol. The predicted molar refractivity (Wildman–Crippen MR) is 97.9 cm³/mol. The van der Waals surface area contributed by atoms with Gasteiger partial charge in [-0.25, -0.2) is 0 Å². The van der Waals surface area contributed by atoms with E-state index >= 15 is 0 Å². The first kappa shape index (κ1) is 19.2. The number of hydrogen-bond acceptors (Lipinski definition) is 6. The van der Waals surface area contributed by atoms with Crippen molar-refractivity contribution in [1.82, 2.24) is 4.90 Å². The molecule has 1 aliphatic rings. The van der Waals surface area contributed by atoms with Crippen LogP contribution in [0.3, 0.4) is 0 Å². The van der Waals surface area contributed by atoms with Crippen LogP contribution >= 0.6 is 0 Å². The summed E-state index contributed by atoms with van der Waals surface area (Å²) in [6.07, 6.45) is 0. The van der Waals surface area contributed by atoms with Gasteiger partial charge in [-0.1, -0.05) is 12.1 Å². The average molecular weight is 386 g/mol. The summed E-state index contributed by atoms with van der Waals surface area (Å²) in [6.45, 7) is 0. The smallest absolute Gasteiger partial charge is 0.313 e. The van der Waals surface area contributed by atoms with Crippen molar-refractivity contribution < 1.29 is 29.1 Å². The molecule has 0 aromatic heterocycles. The number of hydrogen-bond donors (Lipinski definition) is 1. The third-order valence-corrected chi connectivity index (χ3v) is 4.86. The first-order valence-corrected chi connectivity index (χ1v) is 8.30. The number of carboxylic acids is 1. The van der Waals surface area contributed by atoms with Gasteiger partial charge in [-0.2, -0.15) is 0 Å². The van der Waals surface area contributed by atoms with Crippen molar-refractivity contribution >= 4 is 17.6 Å². The number of ether oxygens (including phenoxy) is 2. The molecule has 2 aromatic rings. The lowest BCUT2D eigenvalue weighted by atomic mass is 9.79. The van der Waals surface area contributed by atoms with Gasteiger partial charge in [0.25, 0.3) is 11.6 Å². The van der Waals surface area contributed by atoms with Crippen LogP contribution in [0.5, 0.6) is 11.5 Å². The quantitative estimate of drug-likeness (QED) is 0.619. The number of benzene rings is 2. The molecule has 0 unspecified atom stereocenters. The fraction of sp³-hybridized carbons (Fsp3) is 0.263. The van der Waals surface area contributed by atoms with Gasteiger partial charge in [0.2, 0.25) is 0 Å². The van der Waals surface area contributed by atoms with E-state index in [4.69, 9.17) is 9.47 Å². The average Bonchev–Trinajstić information content (AvgIpc) is 2.69. The van der Waals surface area contributed by atoms with Crippen LogP contribution < -0.4 is 9.47 Å². The molecule has 9 heteroatoms. The van der Waals surface area contributed by atoms with Gasteiger partial charge in [0.05, 0.1) is 25.2 Å². The molecule has 0 radical (unpaired) electrons. The van der Waals surface area contributed by atoms with E-state index in [0.29, 0.717) is 17.1 Å². The van der Waals surface area contributed by atoms with Gasteiger partial charge >= 0.3 is 5.97 Å². The van der Waals surface area contributed by atoms with Gasteiger partial charge in [-0.05, 0) is 23.3 Å². The van der Waals surface area contributed by atoms with E-state index in [-0.39, 0.29) is 16.8 Å². The van der Waals surface area contributed by atoms with E-state index < -0.39 is 28.8 Å². The zero-order chi connectivity index (χ0) is 20.6. The van der Waals surface area contributed by atoms with Crippen LogP contribution in [0.4, 0.5) is 5.69 Å². The van der Waals surface area contributed by atoms with Crippen molar-refractivity contribution in [3.8, 4) is 11.5 Å². The molecule has 3 rings (SSSR count). The highest BCUT2D eigenvalue weighted by molar-refractivity contribution is 6.01. The van der Waals surface area contributed by atoms with Crippen LogP contribution in [0.25, 0.3) is 0 Å². The third-order valence-electron chi connectivity index (χ3n) is 4.86. The number of methoxy groups -OCH3 is 2. The minimum Gasteiger partial charge on any atom is -0.493 e. The minimum absolute atomic E-state index is 0.180. The summed E-state index contributed by atoms with van der Waals surface area (Å²) in [5.74, 6) is -2.11. The Balaban J connectivity index is 2.24. The first-order chi connectivity index (χ1) is 13.3. The predicted octanol–water partition coefficient (Wildman–Crippen LogP) is 2.61. The second-order valence-corrected chi connectivity index (χ2v) is 6.32. The highest BCUT2D eigenvalue weighted by Gasteiger charge is 2.44. The molecule has 1 N–H and O–H groups in total. The van der Waals surface area contributed by atoms with Crippen LogP contribution in [0.15, 0.2) is 36.4 Å². The van der Waals surface area contributed by atoms with Crippen molar-refractivity contribution in [2.24, 2.45) is 0 Å². The van der Waals surface area contributed by atoms with E-state index in [1.54, 1.807) is 6.07 Å². The first-order valence-electron chi connectivity index (χ1n) is 8.30. The SMILES string of the molecule is COc1cc2c(cc1OC)[C@@H](C(=O)O)[C@@H](c1cccc([N+](=O)[O-])c1)N(C)C2=O. The van der Waals surface area contributed by atoms with Gasteiger partial charge in [-0.3, -0.25) is 19.7 Å². The van der Waals surface area contributed by atoms with Gasteiger partial charge in [0.1, 0.15) is 5.92 Å². The Morgan fingerprint density at radius 3 is 2.39 bits per heavy atom. The second-order valence-electron chi connectivity index (χ2n) is 6.32. The maximum absolute atomic E-state index is 13.0. The van der Waals surface area contributed by atoms with Gasteiger partial charge in [-0.15, -0.1) is 0 Å². The Hall–Kier alpha value is -3.62. The maximum Gasteiger partial charge on any atom is 0.313 e. The molecule has 0 saturated carbocycles. The van der Waals surface area contributed by atoms with Crippen LogP contribution in [0.2, 0.25) is 0 Å². The normalized spacial score (nSPS) is 18.4. The molecule has 1 aliphatic heterocycles. The summed E-state index contributed by atoms with van der Waals surface area (Å²) in [5.41, 5.74) is 0.637. The summed E-state index contributed by atoms with van der Waals surface area (Å²) in [4.78, 5) is 37.0. The Morgan fingerprint density at radius 1 is 1.18 bits per heavy atom. The molecule has 1 amide bonds. The van der Waals surface area contributed by atoms with Crippen LogP contribution in [-0.4, -0.2) is 48.1 Å². The number of carbonyl (C=O) groups is 2. The molecule has 0 saturated heterocycles. The Morgan fingerprint density at radius 2 is 1.82 bits per heavy atom. The molecule has 28 heavy (non-hydrogen) atoms. The third kappa shape index (κ3) is 3.00. The number of nitro benzene ring substituents is 1. The zero-order valence-electron chi connectivity index (χ0n) is 15.4. The number of aliphatic carboxylic acids is 1. The zero-order valence-corrected chi connectivity index (χ0v) is 15.4. The van der Waals surface area contributed by atoms with E-state index in [1.165, 1.54) is 56.5 Å². The maximum atomic E-state index is 13.0. The molecule has 2 aromatic carbocycles. The fourth-order valence-electron chi connectivity index (χ4n) is 3.55. The van der Waals surface area contributed by atoms with Crippen molar-refractivity contribution in [3.05, 3.63) is 63.2 Å². The molecule has 0 bridgehead atoms. The molecule has 146 valence electrons. The highest BCUT2D eigenvalue weighted by atomic mass is 16.6. The van der Waals surface area contributed by atoms with Crippen LogP contribution in [0.1, 0.15) is 33.4 Å². The summed E-state index contributed by atoms with van der Waals surface area (Å²) in [5, 5.41) is 21.1. The van der Waals surface area contributed by atoms with Gasteiger partial charge in [0.15, 0.2) is 11.5 Å². The summed E-state index contributed by atoms with van der Waals surface area (Å²) in [7, 11) is 4.30. The number of non-ortho nitro benzene ring substituents is 1. The summed E-state index contributed by atoms with van der Waals surface area (Å²) >= 11 is 0. The Kier molecular flexibility index (Phi) is 4.91. The van der Waals surface area contributed by atoms with Gasteiger partial charge < -0.3 is 19.5 Å². The molecule has 9 nitrogen and oxygen atoms in total. The second kappa shape index (κ2) is 7.18. The number of nitro groups is 1. The number of rotatable bonds is 5. The number of fused-ring (bicyclic) bond motifs is 1. The lowest BCUT2D eigenvalue weighted by molar-refractivity contribution is -0.385. The van der Waals surface area contributed by atoms with Crippen molar-refractivity contribution in [2.75, 3.05) is 21.3 Å². The van der Waals surface area contributed by atoms with E-state index in [9.17, 15) is 24.8 Å². The Labute approximate surface area is 160 Å². The van der Waals surface area contributed by atoms with Crippen molar-refractivity contribution in [2.45, 2.75) is 12.0 Å².